The highest BCUT2D eigenvalue weighted by Gasteiger charge is 2.44. The van der Waals surface area contributed by atoms with Gasteiger partial charge >= 0.3 is 6.09 Å². The number of nitrogens with one attached hydrogen (secondary N) is 1. The smallest absolute Gasteiger partial charge is 0.410 e. The molecule has 0 radical (unpaired) electrons. The highest BCUT2D eigenvalue weighted by Crippen LogP contribution is 2.41. The van der Waals surface area contributed by atoms with Gasteiger partial charge in [-0.05, 0) is 63.5 Å². The van der Waals surface area contributed by atoms with Crippen molar-refractivity contribution in [3.05, 3.63) is 35.4 Å². The fraction of sp³-hybridized carbons (Fsp3) is 0.696. The third kappa shape index (κ3) is 6.30. The monoisotopic (exact) mass is 420 g/mol. The topological polar surface area (TPSA) is 50.8 Å². The maximum Gasteiger partial charge on any atom is 0.410 e. The number of benzene rings is 1. The first kappa shape index (κ1) is 23.9. The van der Waals surface area contributed by atoms with Gasteiger partial charge in [-0.15, -0.1) is 0 Å². The van der Waals surface area contributed by atoms with Crippen molar-refractivity contribution in [3.63, 3.8) is 0 Å². The zero-order valence-corrected chi connectivity index (χ0v) is 20.8. The Bertz CT molecular complexity index is 690. The van der Waals surface area contributed by atoms with Crippen LogP contribution in [0.1, 0.15) is 65.1 Å². The van der Waals surface area contributed by atoms with Crippen LogP contribution in [0.4, 0.5) is 4.79 Å². The minimum Gasteiger partial charge on any atom is -0.444 e. The van der Waals surface area contributed by atoms with Gasteiger partial charge in [0.1, 0.15) is 5.60 Å². The van der Waals surface area contributed by atoms with E-state index in [-0.39, 0.29) is 23.3 Å². The largest absolute Gasteiger partial charge is 0.444 e. The molecule has 0 spiro atoms. The molecule has 0 saturated carbocycles. The molecule has 0 bridgehead atoms. The van der Waals surface area contributed by atoms with E-state index in [9.17, 15) is 4.79 Å². The summed E-state index contributed by atoms with van der Waals surface area (Å²) in [6.07, 6.45) is 0.574. The van der Waals surface area contributed by atoms with Crippen molar-refractivity contribution in [2.75, 3.05) is 13.6 Å². The van der Waals surface area contributed by atoms with Crippen molar-refractivity contribution < 1.29 is 14.0 Å². The second kappa shape index (κ2) is 8.78. The molecular weight excluding hydrogens is 380 g/mol. The maximum absolute atomic E-state index is 13.0. The van der Waals surface area contributed by atoms with Crippen LogP contribution in [-0.2, 0) is 15.7 Å². The van der Waals surface area contributed by atoms with Gasteiger partial charge in [-0.1, -0.05) is 45.0 Å². The number of likely N-dealkylation sites (tertiary alicyclic amines) is 1. The Morgan fingerprint density at radius 1 is 1.14 bits per heavy atom. The quantitative estimate of drug-likeness (QED) is 0.641. The molecule has 6 heteroatoms. The van der Waals surface area contributed by atoms with Crippen LogP contribution >= 0.6 is 0 Å². The number of nitrogens with zero attached hydrogens (tertiary/aromatic N) is 1. The van der Waals surface area contributed by atoms with E-state index in [1.807, 2.05) is 32.7 Å². The molecule has 1 saturated heterocycles. The van der Waals surface area contributed by atoms with Crippen LogP contribution in [0.2, 0.25) is 18.1 Å². The summed E-state index contributed by atoms with van der Waals surface area (Å²) in [5.74, 6) is 0. The molecule has 2 rings (SSSR count). The Morgan fingerprint density at radius 2 is 1.72 bits per heavy atom. The van der Waals surface area contributed by atoms with Gasteiger partial charge in [-0.25, -0.2) is 4.79 Å². The standard InChI is InChI=1S/C23H40N2O3Si/c1-22(2,3)27-21(26)25-16-19(28-29(8,9)23(4,5)6)14-20(25)18-12-10-17(11-13-18)15-24-7/h10-13,19-20,24H,14-16H2,1-9H3/t19-,20-/m1/s1. The number of carbonyl (C=O) groups is 1. The van der Waals surface area contributed by atoms with Gasteiger partial charge in [0.2, 0.25) is 0 Å². The Morgan fingerprint density at radius 3 is 2.21 bits per heavy atom. The molecule has 0 aliphatic carbocycles. The van der Waals surface area contributed by atoms with E-state index < -0.39 is 13.9 Å². The highest BCUT2D eigenvalue weighted by atomic mass is 28.4. The summed E-state index contributed by atoms with van der Waals surface area (Å²) in [4.78, 5) is 14.8. The second-order valence-corrected chi connectivity index (χ2v) is 15.4. The van der Waals surface area contributed by atoms with Crippen LogP contribution in [-0.4, -0.2) is 44.6 Å². The molecule has 2 atom stereocenters. The molecule has 1 N–H and O–H groups in total. The van der Waals surface area contributed by atoms with Gasteiger partial charge < -0.3 is 14.5 Å². The van der Waals surface area contributed by atoms with Crippen LogP contribution < -0.4 is 5.32 Å². The molecule has 0 unspecified atom stereocenters. The van der Waals surface area contributed by atoms with Crippen molar-refractivity contribution in [1.29, 1.82) is 0 Å². The van der Waals surface area contributed by atoms with E-state index in [4.69, 9.17) is 9.16 Å². The van der Waals surface area contributed by atoms with Crippen LogP contribution in [0.25, 0.3) is 0 Å². The minimum atomic E-state index is -1.92. The van der Waals surface area contributed by atoms with E-state index >= 15 is 0 Å². The predicted octanol–water partition coefficient (Wildman–Crippen LogP) is 5.48. The normalized spacial score (nSPS) is 20.8. The van der Waals surface area contributed by atoms with Gasteiger partial charge in [-0.2, -0.15) is 0 Å². The van der Waals surface area contributed by atoms with Gasteiger partial charge in [0.25, 0.3) is 0 Å². The van der Waals surface area contributed by atoms with Gasteiger partial charge in [-0.3, -0.25) is 4.90 Å². The lowest BCUT2D eigenvalue weighted by molar-refractivity contribution is 0.0208. The summed E-state index contributed by atoms with van der Waals surface area (Å²) < 4.78 is 12.4. The number of ether oxygens (including phenoxy) is 1. The average molecular weight is 421 g/mol. The van der Waals surface area contributed by atoms with Crippen molar-refractivity contribution in [3.8, 4) is 0 Å². The third-order valence-electron chi connectivity index (χ3n) is 5.90. The molecule has 1 aliphatic heterocycles. The molecule has 5 nitrogen and oxygen atoms in total. The Kier molecular flexibility index (Phi) is 7.24. The fourth-order valence-corrected chi connectivity index (χ4v) is 4.73. The fourth-order valence-electron chi connectivity index (χ4n) is 3.38. The molecule has 1 heterocycles. The summed E-state index contributed by atoms with van der Waals surface area (Å²) in [5.41, 5.74) is 1.85. The van der Waals surface area contributed by atoms with E-state index in [2.05, 4.69) is 63.4 Å². The van der Waals surface area contributed by atoms with Crippen LogP contribution in [0, 0.1) is 0 Å². The molecular formula is C23H40N2O3Si. The molecule has 1 aliphatic rings. The van der Waals surface area contributed by atoms with E-state index in [0.29, 0.717) is 6.54 Å². The number of rotatable bonds is 5. The minimum absolute atomic E-state index is 0.0248. The molecule has 1 aromatic carbocycles. The van der Waals surface area contributed by atoms with Crippen LogP contribution in [0.5, 0.6) is 0 Å². The first-order chi connectivity index (χ1) is 13.2. The number of hydrogen-bond acceptors (Lipinski definition) is 4. The lowest BCUT2D eigenvalue weighted by Gasteiger charge is -2.38. The molecule has 29 heavy (non-hydrogen) atoms. The van der Waals surface area contributed by atoms with Gasteiger partial charge in [0, 0.05) is 13.1 Å². The molecule has 1 fully saturated rings. The summed E-state index contributed by atoms with van der Waals surface area (Å²) >= 11 is 0. The number of hydrogen-bond donors (Lipinski definition) is 1. The SMILES string of the molecule is CNCc1ccc([C@H]2C[C@@H](O[Si](C)(C)C(C)(C)C)CN2C(=O)OC(C)(C)C)cc1. The van der Waals surface area contributed by atoms with Crippen LogP contribution in [0.15, 0.2) is 24.3 Å². The molecule has 1 aromatic rings. The predicted molar refractivity (Wildman–Crippen MR) is 122 cm³/mol. The lowest BCUT2D eigenvalue weighted by Crippen LogP contribution is -2.45. The van der Waals surface area contributed by atoms with Crippen molar-refractivity contribution in [1.82, 2.24) is 10.2 Å². The average Bonchev–Trinajstić information content (AvgIpc) is 2.96. The Hall–Kier alpha value is -1.37. The zero-order valence-electron chi connectivity index (χ0n) is 19.8. The van der Waals surface area contributed by atoms with Gasteiger partial charge in [0.15, 0.2) is 8.32 Å². The summed E-state index contributed by atoms with van der Waals surface area (Å²) in [5, 5.41) is 3.31. The van der Waals surface area contributed by atoms with Crippen LogP contribution in [0.3, 0.4) is 0 Å². The van der Waals surface area contributed by atoms with E-state index in [1.54, 1.807) is 0 Å². The molecule has 0 aromatic heterocycles. The van der Waals surface area contributed by atoms with Crippen molar-refractivity contribution in [2.24, 2.45) is 0 Å². The molecule has 1 amide bonds. The summed E-state index contributed by atoms with van der Waals surface area (Å²) in [7, 11) is 0.0240. The third-order valence-corrected chi connectivity index (χ3v) is 10.4. The number of amides is 1. The molecule has 164 valence electrons. The lowest BCUT2D eigenvalue weighted by atomic mass is 10.0. The van der Waals surface area contributed by atoms with E-state index in [1.165, 1.54) is 5.56 Å². The maximum atomic E-state index is 13.0. The first-order valence-corrected chi connectivity index (χ1v) is 13.6. The van der Waals surface area contributed by atoms with Gasteiger partial charge in [0.05, 0.1) is 12.1 Å². The van der Waals surface area contributed by atoms with E-state index in [0.717, 1.165) is 18.5 Å². The highest BCUT2D eigenvalue weighted by molar-refractivity contribution is 6.74. The zero-order chi connectivity index (χ0) is 22.0. The summed E-state index contributed by atoms with van der Waals surface area (Å²) in [6, 6.07) is 8.48. The second-order valence-electron chi connectivity index (χ2n) is 10.7. The number of carbonyl (C=O) groups excluding carboxylic acids is 1. The first-order valence-electron chi connectivity index (χ1n) is 10.6. The van der Waals surface area contributed by atoms with Crippen molar-refractivity contribution >= 4 is 14.4 Å². The summed E-state index contributed by atoms with van der Waals surface area (Å²) in [6.45, 7) is 18.4. The Labute approximate surface area is 178 Å². The Balaban J connectivity index is 2.25. The van der Waals surface area contributed by atoms with Crippen molar-refractivity contribution in [2.45, 2.75) is 90.4 Å².